The van der Waals surface area contributed by atoms with Crippen LogP contribution in [0.5, 0.6) is 0 Å². The average Bonchev–Trinajstić information content (AvgIpc) is 2.81. The summed E-state index contributed by atoms with van der Waals surface area (Å²) in [5.74, 6) is -4.72. The Hall–Kier alpha value is -4.23. The van der Waals surface area contributed by atoms with E-state index in [1.807, 2.05) is 24.8 Å². The number of nitrogens with zero attached hydrogens (tertiary/aromatic N) is 1. The summed E-state index contributed by atoms with van der Waals surface area (Å²) in [5, 5.41) is 20.2. The number of benzene rings is 2. The average molecular weight is 601 g/mol. The number of aliphatic carboxylic acids is 1. The number of fused-ring (bicyclic) bond motifs is 1. The summed E-state index contributed by atoms with van der Waals surface area (Å²) in [5.41, 5.74) is 1.90. The van der Waals surface area contributed by atoms with Gasteiger partial charge in [-0.05, 0) is 50.5 Å². The van der Waals surface area contributed by atoms with Crippen LogP contribution in [0.1, 0.15) is 47.3 Å². The fraction of sp³-hybridized carbons (Fsp3) is 0.393. The molecule has 1 spiro atoms. The molecule has 42 heavy (non-hydrogen) atoms. The molecule has 0 radical (unpaired) electrons. The van der Waals surface area contributed by atoms with Crippen LogP contribution in [0.3, 0.4) is 0 Å². The third kappa shape index (κ3) is 6.31. The van der Waals surface area contributed by atoms with E-state index in [0.717, 1.165) is 5.56 Å². The molecule has 1 atom stereocenters. The maximum atomic E-state index is 13.0. The number of carboxylic acids is 2. The number of alkyl halides is 6. The van der Waals surface area contributed by atoms with Gasteiger partial charge in [0.2, 0.25) is 0 Å². The summed E-state index contributed by atoms with van der Waals surface area (Å²) in [7, 11) is 0. The Balaban J connectivity index is 0.000000517. The number of hydrogen-bond donors (Lipinski definition) is 3. The number of aryl methyl sites for hydroxylation is 1. The first kappa shape index (κ1) is 30.7. The van der Waals surface area contributed by atoms with Crippen molar-refractivity contribution in [2.24, 2.45) is 11.3 Å². The lowest BCUT2D eigenvalue weighted by molar-refractivity contribution is -0.225. The molecule has 226 valence electrons. The fourth-order valence-electron chi connectivity index (χ4n) is 5.40. The molecule has 0 amide bonds. The number of halogens is 6. The molecule has 14 heteroatoms. The largest absolute Gasteiger partial charge is 0.490 e. The predicted molar refractivity (Wildman–Crippen MR) is 140 cm³/mol. The van der Waals surface area contributed by atoms with Crippen LogP contribution >= 0.6 is 0 Å². The van der Waals surface area contributed by atoms with Gasteiger partial charge < -0.3 is 24.8 Å². The lowest BCUT2D eigenvalue weighted by Gasteiger charge is -2.59. The summed E-state index contributed by atoms with van der Waals surface area (Å²) >= 11 is 0. The maximum Gasteiger partial charge on any atom is 0.490 e. The zero-order chi connectivity index (χ0) is 31.2. The second-order valence-corrected chi connectivity index (χ2v) is 10.7. The Morgan fingerprint density at radius 2 is 1.64 bits per heavy atom. The Morgan fingerprint density at radius 1 is 1.05 bits per heavy atom. The van der Waals surface area contributed by atoms with Crippen molar-refractivity contribution in [1.29, 1.82) is 0 Å². The normalized spacial score (nSPS) is 17.1. The van der Waals surface area contributed by atoms with Crippen LogP contribution in [0.2, 0.25) is 0 Å². The van der Waals surface area contributed by atoms with E-state index in [1.54, 1.807) is 24.3 Å². The molecule has 1 aliphatic heterocycles. The minimum Gasteiger partial charge on any atom is -0.478 e. The van der Waals surface area contributed by atoms with Gasteiger partial charge in [0.25, 0.3) is 0 Å². The van der Waals surface area contributed by atoms with Crippen molar-refractivity contribution < 1.29 is 50.6 Å². The van der Waals surface area contributed by atoms with E-state index in [1.165, 1.54) is 12.1 Å². The fourth-order valence-corrected chi connectivity index (χ4v) is 5.40. The van der Waals surface area contributed by atoms with Crippen molar-refractivity contribution in [2.75, 3.05) is 23.3 Å². The first-order chi connectivity index (χ1) is 19.4. The van der Waals surface area contributed by atoms with Crippen LogP contribution in [0.25, 0.3) is 11.0 Å². The van der Waals surface area contributed by atoms with Crippen molar-refractivity contribution >= 4 is 34.5 Å². The molecule has 1 saturated heterocycles. The molecule has 1 saturated carbocycles. The molecule has 0 bridgehead atoms. The molecule has 1 unspecified atom stereocenters. The standard InChI is InChI=1S/C26H25F3N2O4.C2HF3O2/c1-14-7-18(15(2)30-20-6-4-3-5-17(20)24(33)34)23-19(8-14)21(32)9-22(35-23)31-12-25(13-31)10-16(11-25)26(27,28)29;3-2(4,5)1(6)7/h3-9,15-16,30H,10-13H2,1-2H3,(H,33,34);(H,6,7). The van der Waals surface area contributed by atoms with Crippen LogP contribution < -0.4 is 15.6 Å². The summed E-state index contributed by atoms with van der Waals surface area (Å²) in [4.78, 5) is 35.3. The smallest absolute Gasteiger partial charge is 0.478 e. The Morgan fingerprint density at radius 3 is 2.19 bits per heavy atom. The number of carbonyl (C=O) groups is 2. The SMILES string of the molecule is Cc1cc(C(C)Nc2ccccc2C(=O)O)c2oc(N3CC4(CC(C(F)(F)F)C4)C3)cc(=O)c2c1.O=C(O)C(F)(F)F. The molecular weight excluding hydrogens is 574 g/mol. The molecule has 3 N–H and O–H groups in total. The molecule has 2 fully saturated rings. The second kappa shape index (κ2) is 10.9. The van der Waals surface area contributed by atoms with Gasteiger partial charge in [-0.1, -0.05) is 18.2 Å². The van der Waals surface area contributed by atoms with Gasteiger partial charge in [-0.25, -0.2) is 9.59 Å². The van der Waals surface area contributed by atoms with Crippen LogP contribution in [0.4, 0.5) is 37.9 Å². The molecule has 1 aromatic heterocycles. The van der Waals surface area contributed by atoms with Gasteiger partial charge in [0, 0.05) is 35.8 Å². The van der Waals surface area contributed by atoms with Crippen LogP contribution in [0.15, 0.2) is 51.7 Å². The third-order valence-corrected chi connectivity index (χ3v) is 7.41. The van der Waals surface area contributed by atoms with Crippen molar-refractivity contribution in [3.05, 3.63) is 69.4 Å². The predicted octanol–water partition coefficient (Wildman–Crippen LogP) is 6.38. The summed E-state index contributed by atoms with van der Waals surface area (Å²) < 4.78 is 76.7. The molecular formula is C28H26F6N2O6. The van der Waals surface area contributed by atoms with E-state index in [-0.39, 0.29) is 29.2 Å². The summed E-state index contributed by atoms with van der Waals surface area (Å²) in [6, 6.07) is 11.2. The number of rotatable bonds is 5. The van der Waals surface area contributed by atoms with E-state index in [4.69, 9.17) is 14.3 Å². The van der Waals surface area contributed by atoms with Crippen LogP contribution in [-0.2, 0) is 4.79 Å². The van der Waals surface area contributed by atoms with Gasteiger partial charge >= 0.3 is 24.3 Å². The van der Waals surface area contributed by atoms with Crippen molar-refractivity contribution in [3.8, 4) is 0 Å². The van der Waals surface area contributed by atoms with E-state index in [9.17, 15) is 41.0 Å². The van der Waals surface area contributed by atoms with Gasteiger partial charge in [0.1, 0.15) is 5.58 Å². The van der Waals surface area contributed by atoms with E-state index in [2.05, 4.69) is 5.32 Å². The van der Waals surface area contributed by atoms with Crippen molar-refractivity contribution in [1.82, 2.24) is 0 Å². The second-order valence-electron chi connectivity index (χ2n) is 10.7. The zero-order valence-corrected chi connectivity index (χ0v) is 22.3. The van der Waals surface area contributed by atoms with Crippen LogP contribution in [-0.4, -0.2) is 47.6 Å². The number of anilines is 2. The number of hydrogen-bond acceptors (Lipinski definition) is 6. The van der Waals surface area contributed by atoms with Gasteiger partial charge in [0.05, 0.1) is 22.9 Å². The topological polar surface area (TPSA) is 120 Å². The summed E-state index contributed by atoms with van der Waals surface area (Å²) in [6.07, 6.45) is -9.02. The molecule has 2 aromatic carbocycles. The zero-order valence-electron chi connectivity index (χ0n) is 22.3. The van der Waals surface area contributed by atoms with Gasteiger partial charge in [-0.3, -0.25) is 4.79 Å². The molecule has 3 aromatic rings. The molecule has 8 nitrogen and oxygen atoms in total. The number of carboxylic acid groups (broad SMARTS) is 2. The third-order valence-electron chi connectivity index (χ3n) is 7.41. The minimum atomic E-state index is -5.08. The Kier molecular flexibility index (Phi) is 7.96. The van der Waals surface area contributed by atoms with Crippen molar-refractivity contribution in [2.45, 2.75) is 45.1 Å². The first-order valence-electron chi connectivity index (χ1n) is 12.7. The van der Waals surface area contributed by atoms with E-state index >= 15 is 0 Å². The molecule has 1 aliphatic carbocycles. The molecule has 2 aliphatic rings. The Labute approximate surface area is 234 Å². The number of para-hydroxylation sites is 1. The Bertz CT molecular complexity index is 1570. The van der Waals surface area contributed by atoms with E-state index in [0.29, 0.717) is 41.2 Å². The van der Waals surface area contributed by atoms with Crippen molar-refractivity contribution in [3.63, 3.8) is 0 Å². The van der Waals surface area contributed by atoms with Gasteiger partial charge in [0.15, 0.2) is 11.3 Å². The highest BCUT2D eigenvalue weighted by atomic mass is 19.4. The monoisotopic (exact) mass is 600 g/mol. The lowest BCUT2D eigenvalue weighted by Crippen LogP contribution is -2.64. The number of nitrogens with one attached hydrogen (secondary N) is 1. The molecule has 2 heterocycles. The highest BCUT2D eigenvalue weighted by Crippen LogP contribution is 2.57. The highest BCUT2D eigenvalue weighted by Gasteiger charge is 2.60. The summed E-state index contributed by atoms with van der Waals surface area (Å²) in [6.45, 7) is 4.56. The minimum absolute atomic E-state index is 0.110. The van der Waals surface area contributed by atoms with Gasteiger partial charge in [-0.2, -0.15) is 26.3 Å². The highest BCUT2D eigenvalue weighted by molar-refractivity contribution is 5.94. The lowest BCUT2D eigenvalue weighted by atomic mass is 9.57. The first-order valence-corrected chi connectivity index (χ1v) is 12.7. The quantitative estimate of drug-likeness (QED) is 0.289. The number of aromatic carboxylic acids is 1. The maximum absolute atomic E-state index is 13.0. The van der Waals surface area contributed by atoms with Gasteiger partial charge in [-0.15, -0.1) is 0 Å². The molecule has 5 rings (SSSR count). The van der Waals surface area contributed by atoms with E-state index < -0.39 is 36.3 Å². The van der Waals surface area contributed by atoms with Crippen LogP contribution in [0, 0.1) is 18.3 Å².